The summed E-state index contributed by atoms with van der Waals surface area (Å²) in [5.74, 6) is -1.40. The van der Waals surface area contributed by atoms with E-state index in [0.29, 0.717) is 12.2 Å². The molecule has 1 aromatic rings. The van der Waals surface area contributed by atoms with Crippen molar-refractivity contribution in [1.82, 2.24) is 21.3 Å². The van der Waals surface area contributed by atoms with Crippen LogP contribution in [0.5, 0.6) is 0 Å². The van der Waals surface area contributed by atoms with Gasteiger partial charge in [0.05, 0.1) is 6.04 Å². The minimum absolute atomic E-state index is 0.134. The molecule has 1 aromatic carbocycles. The summed E-state index contributed by atoms with van der Waals surface area (Å²) in [7, 11) is 0. The molecule has 0 spiro atoms. The Morgan fingerprint density at radius 2 is 1.40 bits per heavy atom. The number of carbonyl (C=O) groups excluding carboxylic acids is 5. The van der Waals surface area contributed by atoms with Gasteiger partial charge in [-0.25, -0.2) is 0 Å². The smallest absolute Gasteiger partial charge is 0.243 e. The number of benzene rings is 1. The standard InChI is InChI=1S/C25H38N4O5S/c1-7-15(3)21(28-18(6)30)24(33)26-16(4)22(31)29-20(14-19-12-10-9-11-13-19)23(32)27-17(5)25(34)35-8-2/h9-13,15-17,20-21H,7-8,14H2,1-6H3,(H,26,33)(H,27,32)(H,28,30)(H,29,31)/t15-,16-,17-,20-,21-/m0/s1. The van der Waals surface area contributed by atoms with E-state index in [0.717, 1.165) is 17.3 Å². The summed E-state index contributed by atoms with van der Waals surface area (Å²) < 4.78 is 0. The molecular formula is C25H38N4O5S. The fraction of sp³-hybridized carbons (Fsp3) is 0.560. The van der Waals surface area contributed by atoms with Crippen molar-refractivity contribution in [2.45, 2.75) is 78.6 Å². The van der Waals surface area contributed by atoms with Gasteiger partial charge in [-0.2, -0.15) is 0 Å². The van der Waals surface area contributed by atoms with Crippen LogP contribution in [-0.4, -0.2) is 58.7 Å². The van der Waals surface area contributed by atoms with Gasteiger partial charge in [0, 0.05) is 13.3 Å². The first-order valence-electron chi connectivity index (χ1n) is 11.9. The minimum atomic E-state index is -0.955. The second-order valence-corrected chi connectivity index (χ2v) is 9.80. The van der Waals surface area contributed by atoms with E-state index in [1.165, 1.54) is 13.8 Å². The molecule has 4 N–H and O–H groups in total. The van der Waals surface area contributed by atoms with Crippen LogP contribution in [0.2, 0.25) is 0 Å². The minimum Gasteiger partial charge on any atom is -0.344 e. The van der Waals surface area contributed by atoms with Crippen molar-refractivity contribution in [1.29, 1.82) is 0 Å². The van der Waals surface area contributed by atoms with Gasteiger partial charge in [-0.3, -0.25) is 24.0 Å². The summed E-state index contributed by atoms with van der Waals surface area (Å²) >= 11 is 1.12. The molecule has 0 aliphatic carbocycles. The molecule has 0 fully saturated rings. The van der Waals surface area contributed by atoms with E-state index in [-0.39, 0.29) is 23.4 Å². The summed E-state index contributed by atoms with van der Waals surface area (Å²) in [6, 6.07) is 5.78. The monoisotopic (exact) mass is 506 g/mol. The molecule has 35 heavy (non-hydrogen) atoms. The van der Waals surface area contributed by atoms with Gasteiger partial charge in [0.15, 0.2) is 0 Å². The fourth-order valence-electron chi connectivity index (χ4n) is 3.29. The number of amides is 4. The lowest BCUT2D eigenvalue weighted by Crippen LogP contribution is -2.57. The Kier molecular flexibility index (Phi) is 13.1. The molecule has 4 amide bonds. The molecule has 0 heterocycles. The summed E-state index contributed by atoms with van der Waals surface area (Å²) in [4.78, 5) is 62.3. The average Bonchev–Trinajstić information content (AvgIpc) is 2.81. The zero-order chi connectivity index (χ0) is 26.5. The van der Waals surface area contributed by atoms with Crippen LogP contribution in [0.15, 0.2) is 30.3 Å². The lowest BCUT2D eigenvalue weighted by Gasteiger charge is -2.26. The molecule has 0 radical (unpaired) electrons. The van der Waals surface area contributed by atoms with Crippen molar-refractivity contribution in [3.8, 4) is 0 Å². The predicted octanol–water partition coefficient (Wildman–Crippen LogP) is 1.55. The molecule has 5 atom stereocenters. The Morgan fingerprint density at radius 3 is 1.94 bits per heavy atom. The van der Waals surface area contributed by atoms with Gasteiger partial charge in [0.25, 0.3) is 0 Å². The summed E-state index contributed by atoms with van der Waals surface area (Å²) in [6.45, 7) is 10.0. The van der Waals surface area contributed by atoms with Crippen LogP contribution in [0.3, 0.4) is 0 Å². The van der Waals surface area contributed by atoms with Crippen LogP contribution >= 0.6 is 11.8 Å². The quantitative estimate of drug-likeness (QED) is 0.321. The first kappa shape index (κ1) is 30.2. The Balaban J connectivity index is 2.94. The second-order valence-electron chi connectivity index (χ2n) is 8.53. The SMILES string of the molecule is CCSC(=O)[C@H](C)NC(=O)[C@H](Cc1ccccc1)NC(=O)[C@H](C)NC(=O)[C@@H](NC(C)=O)[C@@H](C)CC. The van der Waals surface area contributed by atoms with Crippen LogP contribution in [0.4, 0.5) is 0 Å². The van der Waals surface area contributed by atoms with Gasteiger partial charge in [0.1, 0.15) is 18.1 Å². The van der Waals surface area contributed by atoms with Gasteiger partial charge in [-0.1, -0.05) is 69.3 Å². The first-order valence-corrected chi connectivity index (χ1v) is 12.9. The van der Waals surface area contributed by atoms with Gasteiger partial charge < -0.3 is 21.3 Å². The maximum atomic E-state index is 13.0. The Hall–Kier alpha value is -2.88. The van der Waals surface area contributed by atoms with Gasteiger partial charge >= 0.3 is 0 Å². The lowest BCUT2D eigenvalue weighted by atomic mass is 9.98. The molecule has 0 unspecified atom stereocenters. The molecule has 0 saturated heterocycles. The van der Waals surface area contributed by atoms with Crippen molar-refractivity contribution >= 4 is 40.5 Å². The van der Waals surface area contributed by atoms with Gasteiger partial charge in [0.2, 0.25) is 28.7 Å². The molecule has 10 heteroatoms. The molecule has 9 nitrogen and oxygen atoms in total. The largest absolute Gasteiger partial charge is 0.344 e. The maximum absolute atomic E-state index is 13.0. The molecule has 0 aromatic heterocycles. The molecule has 0 aliphatic rings. The van der Waals surface area contributed by atoms with Crippen LogP contribution in [0.25, 0.3) is 0 Å². The summed E-state index contributed by atoms with van der Waals surface area (Å²) in [6.07, 6.45) is 0.869. The number of thioether (sulfide) groups is 1. The highest BCUT2D eigenvalue weighted by atomic mass is 32.2. The van der Waals surface area contributed by atoms with Crippen molar-refractivity contribution in [3.63, 3.8) is 0 Å². The van der Waals surface area contributed by atoms with E-state index in [2.05, 4.69) is 21.3 Å². The fourth-order valence-corrected chi connectivity index (χ4v) is 3.88. The highest BCUT2D eigenvalue weighted by Gasteiger charge is 2.30. The van der Waals surface area contributed by atoms with E-state index < -0.39 is 41.9 Å². The molecule has 0 bridgehead atoms. The molecule has 0 aliphatic heterocycles. The molecular weight excluding hydrogens is 468 g/mol. The topological polar surface area (TPSA) is 133 Å². The van der Waals surface area contributed by atoms with E-state index in [1.54, 1.807) is 6.92 Å². The van der Waals surface area contributed by atoms with E-state index in [9.17, 15) is 24.0 Å². The Morgan fingerprint density at radius 1 is 0.800 bits per heavy atom. The van der Waals surface area contributed by atoms with Crippen LogP contribution in [-0.2, 0) is 30.4 Å². The normalized spacial score (nSPS) is 15.0. The van der Waals surface area contributed by atoms with Crippen molar-refractivity contribution < 1.29 is 24.0 Å². The Labute approximate surface area is 211 Å². The third kappa shape index (κ3) is 10.5. The van der Waals surface area contributed by atoms with E-state index in [1.807, 2.05) is 51.1 Å². The summed E-state index contributed by atoms with van der Waals surface area (Å²) in [5, 5.41) is 10.5. The Bertz CT molecular complexity index is 880. The molecule has 0 saturated carbocycles. The highest BCUT2D eigenvalue weighted by Crippen LogP contribution is 2.10. The summed E-state index contributed by atoms with van der Waals surface area (Å²) in [5.41, 5.74) is 0.828. The molecule has 194 valence electrons. The average molecular weight is 507 g/mol. The second kappa shape index (κ2) is 15.2. The number of carbonyl (C=O) groups is 5. The third-order valence-corrected chi connectivity index (χ3v) is 6.45. The third-order valence-electron chi connectivity index (χ3n) is 5.52. The van der Waals surface area contributed by atoms with Crippen LogP contribution in [0.1, 0.15) is 53.5 Å². The van der Waals surface area contributed by atoms with Crippen molar-refractivity contribution in [2.75, 3.05) is 5.75 Å². The predicted molar refractivity (Wildman–Crippen MR) is 137 cm³/mol. The highest BCUT2D eigenvalue weighted by molar-refractivity contribution is 8.13. The first-order chi connectivity index (χ1) is 16.5. The van der Waals surface area contributed by atoms with Crippen molar-refractivity contribution in [2.24, 2.45) is 5.92 Å². The van der Waals surface area contributed by atoms with Gasteiger partial charge in [-0.15, -0.1) is 0 Å². The maximum Gasteiger partial charge on any atom is 0.243 e. The van der Waals surface area contributed by atoms with Crippen LogP contribution < -0.4 is 21.3 Å². The zero-order valence-corrected chi connectivity index (χ0v) is 22.2. The number of hydrogen-bond donors (Lipinski definition) is 4. The van der Waals surface area contributed by atoms with E-state index in [4.69, 9.17) is 0 Å². The van der Waals surface area contributed by atoms with Gasteiger partial charge in [-0.05, 0) is 31.1 Å². The lowest BCUT2D eigenvalue weighted by molar-refractivity contribution is -0.134. The van der Waals surface area contributed by atoms with Crippen molar-refractivity contribution in [3.05, 3.63) is 35.9 Å². The number of hydrogen-bond acceptors (Lipinski definition) is 6. The number of nitrogens with one attached hydrogen (secondary N) is 4. The zero-order valence-electron chi connectivity index (χ0n) is 21.3. The van der Waals surface area contributed by atoms with Crippen LogP contribution in [0, 0.1) is 5.92 Å². The number of rotatable bonds is 13. The molecule has 1 rings (SSSR count). The van der Waals surface area contributed by atoms with E-state index >= 15 is 0 Å².